The molecule has 6 rings (SSSR count). The van der Waals surface area contributed by atoms with Crippen LogP contribution in [-0.2, 0) is 16.1 Å². The summed E-state index contributed by atoms with van der Waals surface area (Å²) in [5.74, 6) is 2.61. The number of amides is 2. The molecule has 1 atom stereocenters. The molecule has 11 heteroatoms. The van der Waals surface area contributed by atoms with Gasteiger partial charge in [0.15, 0.2) is 5.82 Å². The second kappa shape index (κ2) is 11.6. The number of likely N-dealkylation sites (tertiary alicyclic amines) is 1. The molecule has 224 valence electrons. The highest BCUT2D eigenvalue weighted by molar-refractivity contribution is 5.94. The number of piperidine rings is 1. The minimum atomic E-state index is -0.489. The number of ether oxygens (including phenoxy) is 3. The molecule has 2 saturated heterocycles. The van der Waals surface area contributed by atoms with Crippen LogP contribution in [0.15, 0.2) is 54.9 Å². The fraction of sp³-hybridized carbons (Fsp3) is 0.375. The Morgan fingerprint density at radius 2 is 1.93 bits per heavy atom. The third-order valence-electron chi connectivity index (χ3n) is 8.40. The number of rotatable bonds is 9. The van der Waals surface area contributed by atoms with Gasteiger partial charge >= 0.3 is 0 Å². The number of hydrogen-bond acceptors (Lipinski definition) is 8. The van der Waals surface area contributed by atoms with Gasteiger partial charge in [-0.15, -0.1) is 0 Å². The third-order valence-corrected chi connectivity index (χ3v) is 8.40. The second-order valence-corrected chi connectivity index (χ2v) is 11.4. The molecule has 0 saturated carbocycles. The Bertz CT molecular complexity index is 1660. The van der Waals surface area contributed by atoms with Crippen LogP contribution in [0.1, 0.15) is 47.4 Å². The molecule has 2 aliphatic heterocycles. The number of nitrogens with one attached hydrogen (secondary N) is 1. The van der Waals surface area contributed by atoms with Gasteiger partial charge in [-0.1, -0.05) is 12.1 Å². The van der Waals surface area contributed by atoms with E-state index in [2.05, 4.69) is 9.72 Å². The molecule has 2 amide bonds. The molecule has 0 aliphatic carbocycles. The van der Waals surface area contributed by atoms with E-state index in [4.69, 9.17) is 29.9 Å². The number of fused-ring (bicyclic) bond motifs is 1. The molecule has 2 aliphatic rings. The minimum absolute atomic E-state index is 0.0327. The first-order valence-electron chi connectivity index (χ1n) is 14.4. The van der Waals surface area contributed by atoms with Crippen LogP contribution in [0, 0.1) is 5.41 Å². The van der Waals surface area contributed by atoms with E-state index in [0.29, 0.717) is 49.2 Å². The van der Waals surface area contributed by atoms with Crippen LogP contribution in [0.3, 0.4) is 0 Å². The second-order valence-electron chi connectivity index (χ2n) is 11.4. The van der Waals surface area contributed by atoms with E-state index < -0.39 is 11.3 Å². The third kappa shape index (κ3) is 5.36. The number of anilines is 1. The van der Waals surface area contributed by atoms with Gasteiger partial charge in [0, 0.05) is 60.7 Å². The van der Waals surface area contributed by atoms with Crippen molar-refractivity contribution in [3.8, 4) is 22.8 Å². The Morgan fingerprint density at radius 3 is 2.60 bits per heavy atom. The van der Waals surface area contributed by atoms with Crippen LogP contribution in [0.4, 0.5) is 5.82 Å². The Balaban J connectivity index is 1.39. The van der Waals surface area contributed by atoms with Crippen molar-refractivity contribution in [1.82, 2.24) is 19.3 Å². The summed E-state index contributed by atoms with van der Waals surface area (Å²) in [6, 6.07) is 12.8. The summed E-state index contributed by atoms with van der Waals surface area (Å²) >= 11 is 0. The number of primary amides is 1. The smallest absolute Gasteiger partial charge is 0.248 e. The molecule has 1 unspecified atom stereocenters. The van der Waals surface area contributed by atoms with Crippen LogP contribution < -0.4 is 20.5 Å². The highest BCUT2D eigenvalue weighted by Gasteiger charge is 2.44. The van der Waals surface area contributed by atoms with Gasteiger partial charge in [0.1, 0.15) is 28.5 Å². The van der Waals surface area contributed by atoms with Crippen molar-refractivity contribution in [3.05, 3.63) is 71.8 Å². The van der Waals surface area contributed by atoms with Crippen LogP contribution in [0.5, 0.6) is 11.5 Å². The maximum absolute atomic E-state index is 13.4. The van der Waals surface area contributed by atoms with Crippen LogP contribution in [0.25, 0.3) is 16.8 Å². The molecule has 2 fully saturated rings. The lowest BCUT2D eigenvalue weighted by atomic mass is 9.85. The lowest BCUT2D eigenvalue weighted by Crippen LogP contribution is -2.55. The predicted molar refractivity (Wildman–Crippen MR) is 161 cm³/mol. The fourth-order valence-corrected chi connectivity index (χ4v) is 5.94. The Kier molecular flexibility index (Phi) is 7.66. The zero-order valence-corrected chi connectivity index (χ0v) is 24.6. The van der Waals surface area contributed by atoms with Gasteiger partial charge in [0.2, 0.25) is 11.8 Å². The molecule has 0 bridgehead atoms. The van der Waals surface area contributed by atoms with Gasteiger partial charge in [0.25, 0.3) is 0 Å². The van der Waals surface area contributed by atoms with Crippen molar-refractivity contribution < 1.29 is 23.8 Å². The minimum Gasteiger partial charge on any atom is -0.497 e. The molecule has 0 radical (unpaired) electrons. The molecule has 43 heavy (non-hydrogen) atoms. The summed E-state index contributed by atoms with van der Waals surface area (Å²) in [6.07, 6.45) is 5.47. The number of nitrogens with zero attached hydrogens (tertiary/aromatic N) is 4. The highest BCUT2D eigenvalue weighted by atomic mass is 16.5. The van der Waals surface area contributed by atoms with E-state index in [1.165, 1.54) is 0 Å². The molecule has 11 nitrogen and oxygen atoms in total. The number of hydrogen-bond donors (Lipinski definition) is 2. The fourth-order valence-electron chi connectivity index (χ4n) is 5.94. The van der Waals surface area contributed by atoms with E-state index in [0.717, 1.165) is 47.5 Å². The van der Waals surface area contributed by atoms with Crippen LogP contribution in [0.2, 0.25) is 0 Å². The monoisotopic (exact) mass is 584 g/mol. The summed E-state index contributed by atoms with van der Waals surface area (Å²) < 4.78 is 18.4. The Morgan fingerprint density at radius 1 is 1.14 bits per heavy atom. The van der Waals surface area contributed by atoms with E-state index in [1.54, 1.807) is 32.5 Å². The van der Waals surface area contributed by atoms with Gasteiger partial charge in [-0.2, -0.15) is 0 Å². The quantitative estimate of drug-likeness (QED) is 0.303. The van der Waals surface area contributed by atoms with E-state index in [-0.39, 0.29) is 11.8 Å². The SMILES string of the molecule is COc1ccc(CNc2nccn3c(C4CCCN(C(=O)C5(C)COC5)C4)nc(-c4ccc(C(N)=O)cc4)c23)c(OC)c1. The van der Waals surface area contributed by atoms with Gasteiger partial charge < -0.3 is 30.2 Å². The van der Waals surface area contributed by atoms with Crippen molar-refractivity contribution >= 4 is 23.1 Å². The topological polar surface area (TPSA) is 133 Å². The molecule has 4 aromatic rings. The first-order valence-corrected chi connectivity index (χ1v) is 14.4. The lowest BCUT2D eigenvalue weighted by molar-refractivity contribution is -0.169. The number of methoxy groups -OCH3 is 2. The van der Waals surface area contributed by atoms with Gasteiger partial charge in [0.05, 0.1) is 32.8 Å². The number of carbonyl (C=O) groups is 2. The number of aromatic nitrogens is 3. The average molecular weight is 585 g/mol. The Labute approximate surface area is 250 Å². The number of carbonyl (C=O) groups excluding carboxylic acids is 2. The van der Waals surface area contributed by atoms with Gasteiger partial charge in [-0.3, -0.25) is 14.0 Å². The van der Waals surface area contributed by atoms with E-state index >= 15 is 0 Å². The summed E-state index contributed by atoms with van der Waals surface area (Å²) in [4.78, 5) is 37.0. The lowest BCUT2D eigenvalue weighted by Gasteiger charge is -2.42. The van der Waals surface area contributed by atoms with Gasteiger partial charge in [-0.05, 0) is 44.0 Å². The zero-order valence-electron chi connectivity index (χ0n) is 24.6. The number of benzene rings is 2. The standard InChI is InChI=1S/C32H36N6O5/c1-32(18-43-19-32)31(40)37-13-4-5-23(17-37)30-36-26(20-6-8-21(9-7-20)28(33)39)27-29(34-12-14-38(27)30)35-16-22-10-11-24(41-2)15-25(22)42-3/h6-12,14-15,23H,4-5,13,16-19H2,1-3H3,(H2,33,39)(H,34,35). The molecule has 2 aromatic carbocycles. The molecule has 3 N–H and O–H groups in total. The van der Waals surface area contributed by atoms with E-state index in [1.807, 2.05) is 48.4 Å². The predicted octanol–water partition coefficient (Wildman–Crippen LogP) is 3.87. The first kappa shape index (κ1) is 28.5. The molecular formula is C32H36N6O5. The van der Waals surface area contributed by atoms with Crippen molar-refractivity contribution in [2.45, 2.75) is 32.2 Å². The molecule has 4 heterocycles. The maximum atomic E-state index is 13.4. The molecular weight excluding hydrogens is 548 g/mol. The highest BCUT2D eigenvalue weighted by Crippen LogP contribution is 2.37. The average Bonchev–Trinajstić information content (AvgIpc) is 3.42. The summed E-state index contributed by atoms with van der Waals surface area (Å²) in [5, 5.41) is 3.49. The molecule has 2 aromatic heterocycles. The summed E-state index contributed by atoms with van der Waals surface area (Å²) in [6.45, 7) is 4.67. The Hall–Kier alpha value is -4.64. The van der Waals surface area contributed by atoms with Crippen molar-refractivity contribution in [1.29, 1.82) is 0 Å². The normalized spacial score (nSPS) is 17.7. The summed E-state index contributed by atoms with van der Waals surface area (Å²) in [7, 11) is 3.25. The largest absolute Gasteiger partial charge is 0.497 e. The van der Waals surface area contributed by atoms with Crippen LogP contribution >= 0.6 is 0 Å². The van der Waals surface area contributed by atoms with Gasteiger partial charge in [-0.25, -0.2) is 9.97 Å². The maximum Gasteiger partial charge on any atom is 0.248 e. The van der Waals surface area contributed by atoms with Crippen molar-refractivity contribution in [2.75, 3.05) is 45.8 Å². The van der Waals surface area contributed by atoms with E-state index in [9.17, 15) is 9.59 Å². The summed E-state index contributed by atoms with van der Waals surface area (Å²) in [5.41, 5.74) is 8.77. The van der Waals surface area contributed by atoms with Crippen molar-refractivity contribution in [2.24, 2.45) is 11.1 Å². The molecule has 0 spiro atoms. The zero-order chi connectivity index (χ0) is 30.1. The van der Waals surface area contributed by atoms with Crippen molar-refractivity contribution in [3.63, 3.8) is 0 Å². The van der Waals surface area contributed by atoms with Crippen LogP contribution in [-0.4, -0.2) is 71.6 Å². The number of imidazole rings is 1. The number of nitrogens with two attached hydrogens (primary N) is 1. The first-order chi connectivity index (χ1) is 20.8.